The topological polar surface area (TPSA) is 54.5 Å². The molecule has 0 fully saturated rings. The van der Waals surface area contributed by atoms with Crippen molar-refractivity contribution in [1.82, 2.24) is 9.88 Å². The monoisotopic (exact) mass is 445 g/mol. The number of hydrogen-bond acceptors (Lipinski definition) is 5. The van der Waals surface area contributed by atoms with E-state index in [1.165, 1.54) is 33.2 Å². The van der Waals surface area contributed by atoms with E-state index >= 15 is 0 Å². The van der Waals surface area contributed by atoms with Crippen LogP contribution in [0.25, 0.3) is 10.8 Å². The summed E-state index contributed by atoms with van der Waals surface area (Å²) < 4.78 is 5.30. The first-order valence-electron chi connectivity index (χ1n) is 10.5. The van der Waals surface area contributed by atoms with Crippen LogP contribution in [0, 0.1) is 6.92 Å². The first-order chi connectivity index (χ1) is 15.5. The summed E-state index contributed by atoms with van der Waals surface area (Å²) in [6.45, 7) is 3.58. The van der Waals surface area contributed by atoms with Gasteiger partial charge in [-0.25, -0.2) is 4.98 Å². The molecule has 0 radical (unpaired) electrons. The number of carbonyl (C=O) groups is 1. The standard InChI is InChI=1S/C26H27N3O2S/c1-18-4-9-22(10-5-18)27-25(30)14-26-28-23(17-32-26)16-29(2)15-19-6-7-21-13-24(31-3)11-8-20(21)12-19/h4-13,17H,14-16H2,1-3H3,(H,27,30). The predicted molar refractivity (Wildman–Crippen MR) is 131 cm³/mol. The largest absolute Gasteiger partial charge is 0.497 e. The van der Waals surface area contributed by atoms with Crippen molar-refractivity contribution in [2.75, 3.05) is 19.5 Å². The molecule has 1 amide bonds. The summed E-state index contributed by atoms with van der Waals surface area (Å²) in [5.74, 6) is 0.824. The molecule has 0 bridgehead atoms. The smallest absolute Gasteiger partial charge is 0.231 e. The zero-order valence-electron chi connectivity index (χ0n) is 18.6. The average molecular weight is 446 g/mol. The molecule has 0 aliphatic carbocycles. The van der Waals surface area contributed by atoms with Crippen molar-refractivity contribution in [2.24, 2.45) is 0 Å². The molecule has 0 aliphatic rings. The van der Waals surface area contributed by atoms with Crippen LogP contribution in [0.4, 0.5) is 5.69 Å². The number of aromatic nitrogens is 1. The van der Waals surface area contributed by atoms with Crippen LogP contribution < -0.4 is 10.1 Å². The molecule has 6 heteroatoms. The number of thiazole rings is 1. The molecule has 4 aromatic rings. The highest BCUT2D eigenvalue weighted by molar-refractivity contribution is 7.09. The van der Waals surface area contributed by atoms with Crippen molar-refractivity contribution >= 4 is 33.7 Å². The summed E-state index contributed by atoms with van der Waals surface area (Å²) in [5.41, 5.74) is 4.21. The molecule has 0 saturated heterocycles. The number of methoxy groups -OCH3 is 1. The third-order valence-corrected chi connectivity index (χ3v) is 6.14. The maximum atomic E-state index is 12.3. The second kappa shape index (κ2) is 9.94. The third-order valence-electron chi connectivity index (χ3n) is 5.24. The second-order valence-corrected chi connectivity index (χ2v) is 8.99. The van der Waals surface area contributed by atoms with E-state index in [9.17, 15) is 4.79 Å². The quantitative estimate of drug-likeness (QED) is 0.393. The number of nitrogens with zero attached hydrogens (tertiary/aromatic N) is 2. The Morgan fingerprint density at radius 2 is 1.78 bits per heavy atom. The van der Waals surface area contributed by atoms with Gasteiger partial charge in [0.2, 0.25) is 5.91 Å². The number of hydrogen-bond donors (Lipinski definition) is 1. The highest BCUT2D eigenvalue weighted by Crippen LogP contribution is 2.23. The fraction of sp³-hybridized carbons (Fsp3) is 0.231. The lowest BCUT2D eigenvalue weighted by atomic mass is 10.1. The van der Waals surface area contributed by atoms with E-state index in [4.69, 9.17) is 4.74 Å². The molecule has 164 valence electrons. The number of fused-ring (bicyclic) bond motifs is 1. The SMILES string of the molecule is COc1ccc2cc(CN(C)Cc3csc(CC(=O)Nc4ccc(C)cc4)n3)ccc2c1. The van der Waals surface area contributed by atoms with Crippen LogP contribution in [0.3, 0.4) is 0 Å². The van der Waals surface area contributed by atoms with Gasteiger partial charge in [0.1, 0.15) is 10.8 Å². The number of amides is 1. The Kier molecular flexibility index (Phi) is 6.83. The second-order valence-electron chi connectivity index (χ2n) is 8.04. The lowest BCUT2D eigenvalue weighted by Crippen LogP contribution is -2.18. The molecule has 1 aromatic heterocycles. The molecule has 0 unspecified atom stereocenters. The first kappa shape index (κ1) is 22.0. The van der Waals surface area contributed by atoms with Crippen molar-refractivity contribution in [2.45, 2.75) is 26.4 Å². The van der Waals surface area contributed by atoms with E-state index < -0.39 is 0 Å². The number of benzene rings is 3. The van der Waals surface area contributed by atoms with Crippen molar-refractivity contribution in [3.8, 4) is 5.75 Å². The van der Waals surface area contributed by atoms with Crippen molar-refractivity contribution in [3.05, 3.63) is 87.9 Å². The lowest BCUT2D eigenvalue weighted by Gasteiger charge is -2.16. The number of rotatable bonds is 8. The number of anilines is 1. The van der Waals surface area contributed by atoms with Crippen molar-refractivity contribution in [3.63, 3.8) is 0 Å². The van der Waals surface area contributed by atoms with Crippen LogP contribution in [0.15, 0.2) is 66.0 Å². The Bertz CT molecular complexity index is 1220. The molecule has 3 aromatic carbocycles. The molecule has 5 nitrogen and oxygen atoms in total. The summed E-state index contributed by atoms with van der Waals surface area (Å²) in [6.07, 6.45) is 0.288. The maximum absolute atomic E-state index is 12.3. The molecule has 1 N–H and O–H groups in total. The van der Waals surface area contributed by atoms with E-state index in [0.717, 1.165) is 35.2 Å². The van der Waals surface area contributed by atoms with Gasteiger partial charge in [0, 0.05) is 24.2 Å². The number of nitrogens with one attached hydrogen (secondary N) is 1. The zero-order valence-corrected chi connectivity index (χ0v) is 19.4. The van der Waals surface area contributed by atoms with E-state index in [2.05, 4.69) is 52.6 Å². The summed E-state index contributed by atoms with van der Waals surface area (Å²) in [5, 5.41) is 8.17. The number of aryl methyl sites for hydroxylation is 1. The van der Waals surface area contributed by atoms with Gasteiger partial charge in [0.25, 0.3) is 0 Å². The Morgan fingerprint density at radius 3 is 2.56 bits per heavy atom. The molecular formula is C26H27N3O2S. The fourth-order valence-electron chi connectivity index (χ4n) is 3.62. The summed E-state index contributed by atoms with van der Waals surface area (Å²) >= 11 is 1.53. The molecule has 0 spiro atoms. The Labute approximate surface area is 192 Å². The molecule has 0 aliphatic heterocycles. The van der Waals surface area contributed by atoms with Gasteiger partial charge in [-0.05, 0) is 60.6 Å². The van der Waals surface area contributed by atoms with Gasteiger partial charge >= 0.3 is 0 Å². The van der Waals surface area contributed by atoms with Crippen LogP contribution in [-0.2, 0) is 24.3 Å². The summed E-state index contributed by atoms with van der Waals surface area (Å²) in [4.78, 5) is 19.2. The van der Waals surface area contributed by atoms with Gasteiger partial charge in [-0.3, -0.25) is 9.69 Å². The minimum Gasteiger partial charge on any atom is -0.497 e. The van der Waals surface area contributed by atoms with Gasteiger partial charge < -0.3 is 10.1 Å². The highest BCUT2D eigenvalue weighted by Gasteiger charge is 2.11. The highest BCUT2D eigenvalue weighted by atomic mass is 32.1. The van der Waals surface area contributed by atoms with Crippen LogP contribution in [0.5, 0.6) is 5.75 Å². The first-order valence-corrected chi connectivity index (χ1v) is 11.4. The van der Waals surface area contributed by atoms with E-state index in [1.54, 1.807) is 7.11 Å². The van der Waals surface area contributed by atoms with Crippen LogP contribution >= 0.6 is 11.3 Å². The van der Waals surface area contributed by atoms with Crippen molar-refractivity contribution in [1.29, 1.82) is 0 Å². The van der Waals surface area contributed by atoms with E-state index in [-0.39, 0.29) is 12.3 Å². The number of carbonyl (C=O) groups excluding carboxylic acids is 1. The molecule has 32 heavy (non-hydrogen) atoms. The van der Waals surface area contributed by atoms with Crippen LogP contribution in [0.1, 0.15) is 21.8 Å². The minimum atomic E-state index is -0.0455. The predicted octanol–water partition coefficient (Wildman–Crippen LogP) is 5.43. The van der Waals surface area contributed by atoms with E-state index in [0.29, 0.717) is 0 Å². The zero-order chi connectivity index (χ0) is 22.5. The van der Waals surface area contributed by atoms with Gasteiger partial charge in [-0.2, -0.15) is 0 Å². The van der Waals surface area contributed by atoms with Crippen molar-refractivity contribution < 1.29 is 9.53 Å². The Hall–Kier alpha value is -3.22. The van der Waals surface area contributed by atoms with Gasteiger partial charge in [-0.15, -0.1) is 11.3 Å². The molecule has 0 saturated carbocycles. The normalized spacial score (nSPS) is 11.1. The average Bonchev–Trinajstić information content (AvgIpc) is 3.21. The lowest BCUT2D eigenvalue weighted by molar-refractivity contribution is -0.115. The summed E-state index contributed by atoms with van der Waals surface area (Å²) in [7, 11) is 3.77. The molecule has 4 rings (SSSR count). The summed E-state index contributed by atoms with van der Waals surface area (Å²) in [6, 6.07) is 20.4. The minimum absolute atomic E-state index is 0.0455. The molecule has 1 heterocycles. The Balaban J connectivity index is 1.32. The van der Waals surface area contributed by atoms with Gasteiger partial charge in [0.05, 0.1) is 19.2 Å². The van der Waals surface area contributed by atoms with E-state index in [1.807, 2.05) is 42.6 Å². The van der Waals surface area contributed by atoms with Crippen LogP contribution in [0.2, 0.25) is 0 Å². The van der Waals surface area contributed by atoms with Gasteiger partial charge in [-0.1, -0.05) is 35.9 Å². The Morgan fingerprint density at radius 1 is 1.03 bits per heavy atom. The van der Waals surface area contributed by atoms with Crippen LogP contribution in [-0.4, -0.2) is 29.9 Å². The fourth-order valence-corrected chi connectivity index (χ4v) is 4.41. The van der Waals surface area contributed by atoms with Gasteiger partial charge in [0.15, 0.2) is 0 Å². The maximum Gasteiger partial charge on any atom is 0.231 e. The molecule has 0 atom stereocenters. The number of ether oxygens (including phenoxy) is 1. The molecular weight excluding hydrogens is 418 g/mol. The third kappa shape index (κ3) is 5.72.